The maximum absolute atomic E-state index is 12.0. The van der Waals surface area contributed by atoms with Gasteiger partial charge < -0.3 is 4.90 Å². The summed E-state index contributed by atoms with van der Waals surface area (Å²) < 4.78 is 24.0. The Morgan fingerprint density at radius 2 is 2.12 bits per heavy atom. The second-order valence-electron chi connectivity index (χ2n) is 5.80. The van der Waals surface area contributed by atoms with Crippen LogP contribution in [0.15, 0.2) is 23.2 Å². The van der Waals surface area contributed by atoms with E-state index in [0.29, 0.717) is 33.7 Å². The van der Waals surface area contributed by atoms with Gasteiger partial charge in [0.25, 0.3) is 0 Å². The first-order valence-electron chi connectivity index (χ1n) is 7.53. The molecule has 0 radical (unpaired) electrons. The van der Waals surface area contributed by atoms with Crippen LogP contribution in [0.2, 0.25) is 10.0 Å². The smallest absolute Gasteiger partial charge is 0.248 e. The second-order valence-corrected chi connectivity index (χ2v) is 10.0. The van der Waals surface area contributed by atoms with Crippen molar-refractivity contribution < 1.29 is 13.2 Å². The van der Waals surface area contributed by atoms with E-state index >= 15 is 0 Å². The molecule has 0 aromatic heterocycles. The Morgan fingerprint density at radius 3 is 2.79 bits per heavy atom. The standard InChI is InChI=1S/C15H16Cl2N2O3S2/c1-2-3-14(20)18-15-19(11-5-4-9(16)6-10(11)17)12-7-24(21,22)8-13(12)23-15/h4-6,12-13H,2-3,7-8H2,1H3/t12-,13-/m1/s1. The first-order valence-corrected chi connectivity index (χ1v) is 11.0. The zero-order chi connectivity index (χ0) is 17.5. The molecule has 2 saturated heterocycles. The summed E-state index contributed by atoms with van der Waals surface area (Å²) in [5.74, 6) is -0.0896. The molecule has 2 atom stereocenters. The largest absolute Gasteiger partial charge is 0.314 e. The van der Waals surface area contributed by atoms with Crippen molar-refractivity contribution in [1.29, 1.82) is 0 Å². The van der Waals surface area contributed by atoms with Crippen LogP contribution in [0.3, 0.4) is 0 Å². The Labute approximate surface area is 155 Å². The van der Waals surface area contributed by atoms with Crippen molar-refractivity contribution >= 4 is 61.6 Å². The molecule has 0 unspecified atom stereocenters. The minimum atomic E-state index is -3.10. The van der Waals surface area contributed by atoms with Crippen LogP contribution in [0.4, 0.5) is 5.69 Å². The number of nitrogens with zero attached hydrogens (tertiary/aromatic N) is 2. The number of anilines is 1. The normalized spacial score (nSPS) is 26.8. The number of hydrogen-bond acceptors (Lipinski definition) is 4. The highest BCUT2D eigenvalue weighted by Crippen LogP contribution is 2.43. The fraction of sp³-hybridized carbons (Fsp3) is 0.467. The van der Waals surface area contributed by atoms with E-state index in [0.717, 1.165) is 0 Å². The van der Waals surface area contributed by atoms with Gasteiger partial charge in [-0.2, -0.15) is 4.99 Å². The Hall–Kier alpha value is -0.760. The molecule has 0 spiro atoms. The lowest BCUT2D eigenvalue weighted by atomic mass is 10.2. The van der Waals surface area contributed by atoms with Gasteiger partial charge in [0.15, 0.2) is 15.0 Å². The lowest BCUT2D eigenvalue weighted by Gasteiger charge is -2.25. The molecule has 1 amide bonds. The number of sulfone groups is 1. The van der Waals surface area contributed by atoms with Gasteiger partial charge in [0, 0.05) is 16.7 Å². The molecule has 0 saturated carbocycles. The van der Waals surface area contributed by atoms with Crippen LogP contribution in [0.25, 0.3) is 0 Å². The van der Waals surface area contributed by atoms with Gasteiger partial charge in [0.05, 0.1) is 28.3 Å². The van der Waals surface area contributed by atoms with Gasteiger partial charge in [-0.15, -0.1) is 0 Å². The van der Waals surface area contributed by atoms with Crippen molar-refractivity contribution in [1.82, 2.24) is 0 Å². The molecule has 1 aromatic rings. The van der Waals surface area contributed by atoms with E-state index in [9.17, 15) is 13.2 Å². The second kappa shape index (κ2) is 6.86. The number of thioether (sulfide) groups is 1. The average molecular weight is 407 g/mol. The van der Waals surface area contributed by atoms with Crippen LogP contribution in [0.1, 0.15) is 19.8 Å². The molecule has 2 fully saturated rings. The predicted molar refractivity (Wildman–Crippen MR) is 100 cm³/mol. The number of rotatable bonds is 3. The van der Waals surface area contributed by atoms with Crippen LogP contribution < -0.4 is 4.90 Å². The number of amides is 1. The van der Waals surface area contributed by atoms with Gasteiger partial charge in [-0.25, -0.2) is 8.42 Å². The molecule has 130 valence electrons. The number of amidine groups is 1. The number of fused-ring (bicyclic) bond motifs is 1. The van der Waals surface area contributed by atoms with E-state index in [1.54, 1.807) is 23.1 Å². The first kappa shape index (κ1) is 18.0. The lowest BCUT2D eigenvalue weighted by molar-refractivity contribution is -0.117. The molecule has 24 heavy (non-hydrogen) atoms. The van der Waals surface area contributed by atoms with Crippen LogP contribution in [0, 0.1) is 0 Å². The Bertz CT molecular complexity index is 811. The molecule has 2 aliphatic heterocycles. The summed E-state index contributed by atoms with van der Waals surface area (Å²) in [6, 6.07) is 4.76. The van der Waals surface area contributed by atoms with E-state index in [-0.39, 0.29) is 28.7 Å². The minimum absolute atomic E-state index is 0.0324. The first-order chi connectivity index (χ1) is 11.3. The Balaban J connectivity index is 2.03. The molecule has 3 rings (SSSR count). The highest BCUT2D eigenvalue weighted by Gasteiger charge is 2.49. The topological polar surface area (TPSA) is 66.8 Å². The number of halogens is 2. The van der Waals surface area contributed by atoms with E-state index in [1.165, 1.54) is 11.8 Å². The summed E-state index contributed by atoms with van der Waals surface area (Å²) in [6.45, 7) is 1.91. The van der Waals surface area contributed by atoms with Crippen molar-refractivity contribution in [3.63, 3.8) is 0 Å². The van der Waals surface area contributed by atoms with Gasteiger partial charge in [-0.05, 0) is 24.6 Å². The van der Waals surface area contributed by atoms with Crippen molar-refractivity contribution in [3.8, 4) is 0 Å². The minimum Gasteiger partial charge on any atom is -0.314 e. The lowest BCUT2D eigenvalue weighted by Crippen LogP contribution is -2.37. The van der Waals surface area contributed by atoms with E-state index < -0.39 is 9.84 Å². The van der Waals surface area contributed by atoms with Crippen LogP contribution in [-0.2, 0) is 14.6 Å². The molecule has 9 heteroatoms. The maximum atomic E-state index is 12.0. The number of carbonyl (C=O) groups excluding carboxylic acids is 1. The molecule has 0 bridgehead atoms. The van der Waals surface area contributed by atoms with Crippen LogP contribution in [-0.4, -0.2) is 42.3 Å². The maximum Gasteiger partial charge on any atom is 0.248 e. The van der Waals surface area contributed by atoms with E-state index in [4.69, 9.17) is 23.2 Å². The summed E-state index contributed by atoms with van der Waals surface area (Å²) in [6.07, 6.45) is 1.07. The summed E-state index contributed by atoms with van der Waals surface area (Å²) >= 11 is 13.6. The molecule has 2 aliphatic rings. The molecular weight excluding hydrogens is 391 g/mol. The quantitative estimate of drug-likeness (QED) is 0.769. The molecular formula is C15H16Cl2N2O3S2. The highest BCUT2D eigenvalue weighted by atomic mass is 35.5. The zero-order valence-electron chi connectivity index (χ0n) is 12.9. The number of aliphatic imine (C=N–C) groups is 1. The van der Waals surface area contributed by atoms with Gasteiger partial charge in [0.1, 0.15) is 0 Å². The molecule has 2 heterocycles. The predicted octanol–water partition coefficient (Wildman–Crippen LogP) is 3.39. The van der Waals surface area contributed by atoms with Gasteiger partial charge in [-0.1, -0.05) is 41.9 Å². The van der Waals surface area contributed by atoms with Gasteiger partial charge in [0.2, 0.25) is 5.91 Å². The van der Waals surface area contributed by atoms with Crippen LogP contribution in [0.5, 0.6) is 0 Å². The SMILES string of the molecule is CCCC(=O)N=C1S[C@@H]2CS(=O)(=O)C[C@H]2N1c1ccc(Cl)cc1Cl. The van der Waals surface area contributed by atoms with Gasteiger partial charge >= 0.3 is 0 Å². The third-order valence-corrected chi connectivity index (χ3v) is 7.67. The van der Waals surface area contributed by atoms with E-state index in [1.807, 2.05) is 6.92 Å². The molecule has 0 N–H and O–H groups in total. The zero-order valence-corrected chi connectivity index (χ0v) is 16.1. The highest BCUT2D eigenvalue weighted by molar-refractivity contribution is 8.16. The Kier molecular flexibility index (Phi) is 5.16. The summed E-state index contributed by atoms with van der Waals surface area (Å²) in [5.41, 5.74) is 0.626. The third-order valence-electron chi connectivity index (χ3n) is 3.92. The van der Waals surface area contributed by atoms with Crippen LogP contribution >= 0.6 is 35.0 Å². The van der Waals surface area contributed by atoms with Crippen molar-refractivity contribution in [2.45, 2.75) is 31.1 Å². The average Bonchev–Trinajstić information content (AvgIpc) is 2.91. The van der Waals surface area contributed by atoms with Crippen molar-refractivity contribution in [3.05, 3.63) is 28.2 Å². The molecule has 5 nitrogen and oxygen atoms in total. The fourth-order valence-corrected chi connectivity index (χ4v) is 7.32. The van der Waals surface area contributed by atoms with E-state index in [2.05, 4.69) is 4.99 Å². The fourth-order valence-electron chi connectivity index (χ4n) is 2.90. The number of benzene rings is 1. The molecule has 1 aromatic carbocycles. The summed E-state index contributed by atoms with van der Waals surface area (Å²) in [4.78, 5) is 17.9. The van der Waals surface area contributed by atoms with Crippen molar-refractivity contribution in [2.75, 3.05) is 16.4 Å². The summed E-state index contributed by atoms with van der Waals surface area (Å²) in [5, 5.41) is 1.27. The summed E-state index contributed by atoms with van der Waals surface area (Å²) in [7, 11) is -3.10. The third kappa shape index (κ3) is 3.59. The van der Waals surface area contributed by atoms with Gasteiger partial charge in [-0.3, -0.25) is 4.79 Å². The number of carbonyl (C=O) groups is 1. The number of hydrogen-bond donors (Lipinski definition) is 0. The van der Waals surface area contributed by atoms with Crippen molar-refractivity contribution in [2.24, 2.45) is 4.99 Å². The Morgan fingerprint density at radius 1 is 1.38 bits per heavy atom. The monoisotopic (exact) mass is 406 g/mol. The molecule has 0 aliphatic carbocycles.